The first kappa shape index (κ1) is 19.1. The maximum absolute atomic E-state index is 13.1. The van der Waals surface area contributed by atoms with E-state index in [0.29, 0.717) is 30.4 Å². The van der Waals surface area contributed by atoms with Crippen LogP contribution in [0.1, 0.15) is 12.0 Å². The molecule has 2 fully saturated rings. The minimum absolute atomic E-state index is 0.145. The van der Waals surface area contributed by atoms with Crippen molar-refractivity contribution in [2.75, 3.05) is 44.3 Å². The summed E-state index contributed by atoms with van der Waals surface area (Å²) in [5.74, 6) is 0.925. The highest BCUT2D eigenvalue weighted by molar-refractivity contribution is 6.22. The van der Waals surface area contributed by atoms with E-state index in [-0.39, 0.29) is 24.3 Å². The predicted octanol–water partition coefficient (Wildman–Crippen LogP) is 1.91. The molecule has 0 spiro atoms. The monoisotopic (exact) mass is 407 g/mol. The Morgan fingerprint density at radius 3 is 2.37 bits per heavy atom. The molecule has 1 atom stereocenters. The number of carbonyl (C=O) groups is 2. The first-order valence-corrected chi connectivity index (χ1v) is 10.5. The van der Waals surface area contributed by atoms with Crippen LogP contribution in [0, 0.1) is 0 Å². The Labute approximate surface area is 175 Å². The van der Waals surface area contributed by atoms with Gasteiger partial charge in [0.05, 0.1) is 18.2 Å². The molecular weight excluding hydrogens is 382 g/mol. The maximum atomic E-state index is 13.1. The Morgan fingerprint density at radius 2 is 1.60 bits per heavy atom. The second-order valence-corrected chi connectivity index (χ2v) is 7.91. The summed E-state index contributed by atoms with van der Waals surface area (Å²) in [5, 5.41) is 0. The fourth-order valence-corrected chi connectivity index (χ4v) is 4.42. The fraction of sp³-hybridized carbons (Fsp3) is 0.391. The van der Waals surface area contributed by atoms with Gasteiger partial charge in [-0.3, -0.25) is 19.4 Å². The van der Waals surface area contributed by atoms with Gasteiger partial charge >= 0.3 is 0 Å². The lowest BCUT2D eigenvalue weighted by Gasteiger charge is -2.37. The third-order valence-corrected chi connectivity index (χ3v) is 6.00. The minimum atomic E-state index is -0.385. The van der Waals surface area contributed by atoms with Crippen LogP contribution >= 0.6 is 0 Å². The first-order chi connectivity index (χ1) is 14.7. The van der Waals surface area contributed by atoms with Gasteiger partial charge in [-0.25, -0.2) is 4.90 Å². The molecule has 0 aromatic heterocycles. The molecule has 0 saturated carbocycles. The summed E-state index contributed by atoms with van der Waals surface area (Å²) in [7, 11) is 0. The number of hydrogen-bond donors (Lipinski definition) is 0. The molecule has 0 unspecified atom stereocenters. The molecule has 7 heteroatoms. The van der Waals surface area contributed by atoms with Gasteiger partial charge in [-0.2, -0.15) is 0 Å². The number of anilines is 1. The van der Waals surface area contributed by atoms with E-state index in [9.17, 15) is 9.59 Å². The van der Waals surface area contributed by atoms with Gasteiger partial charge in [0.1, 0.15) is 13.2 Å². The van der Waals surface area contributed by atoms with Crippen LogP contribution in [0.4, 0.5) is 5.69 Å². The second kappa shape index (κ2) is 8.08. The standard InChI is InChI=1S/C23H25N3O4/c27-22-15-19(25-10-8-24(9-11-25)16-17-4-2-1-3-5-17)23(28)26(22)18-6-7-20-21(14-18)30-13-12-29-20/h1-7,14,19H,8-13,15-16H2/t19-/m0/s1. The van der Waals surface area contributed by atoms with Crippen molar-refractivity contribution in [3.63, 3.8) is 0 Å². The number of hydrogen-bond acceptors (Lipinski definition) is 6. The Kier molecular flexibility index (Phi) is 5.14. The highest BCUT2D eigenvalue weighted by atomic mass is 16.6. The molecule has 2 saturated heterocycles. The number of nitrogens with zero attached hydrogens (tertiary/aromatic N) is 3. The normalized spacial score (nSPS) is 22.5. The van der Waals surface area contributed by atoms with E-state index in [4.69, 9.17) is 9.47 Å². The molecule has 3 aliphatic rings. The highest BCUT2D eigenvalue weighted by Crippen LogP contribution is 2.36. The van der Waals surface area contributed by atoms with Crippen LogP contribution in [0.15, 0.2) is 48.5 Å². The molecule has 3 heterocycles. The number of benzene rings is 2. The average Bonchev–Trinajstić information content (AvgIpc) is 3.08. The lowest BCUT2D eigenvalue weighted by molar-refractivity contribution is -0.123. The van der Waals surface area contributed by atoms with E-state index < -0.39 is 0 Å². The molecule has 2 aromatic carbocycles. The average molecular weight is 407 g/mol. The van der Waals surface area contributed by atoms with Crippen LogP contribution < -0.4 is 14.4 Å². The van der Waals surface area contributed by atoms with Crippen molar-refractivity contribution in [1.29, 1.82) is 0 Å². The van der Waals surface area contributed by atoms with Crippen LogP contribution in [-0.4, -0.2) is 67.0 Å². The number of piperazine rings is 1. The zero-order valence-electron chi connectivity index (χ0n) is 16.8. The SMILES string of the molecule is O=C1C[C@H](N2CCN(Cc3ccccc3)CC2)C(=O)N1c1ccc2c(c1)OCCO2. The van der Waals surface area contributed by atoms with Gasteiger partial charge in [0.2, 0.25) is 5.91 Å². The number of rotatable bonds is 4. The number of amides is 2. The van der Waals surface area contributed by atoms with Crippen LogP contribution in [0.5, 0.6) is 11.5 Å². The van der Waals surface area contributed by atoms with Crippen LogP contribution in [-0.2, 0) is 16.1 Å². The fourth-order valence-electron chi connectivity index (χ4n) is 4.42. The van der Waals surface area contributed by atoms with Gasteiger partial charge in [0.25, 0.3) is 5.91 Å². The van der Waals surface area contributed by atoms with Crippen LogP contribution in [0.3, 0.4) is 0 Å². The Bertz CT molecular complexity index is 941. The van der Waals surface area contributed by atoms with Gasteiger partial charge in [-0.15, -0.1) is 0 Å². The summed E-state index contributed by atoms with van der Waals surface area (Å²) >= 11 is 0. The molecule has 2 amide bonds. The summed E-state index contributed by atoms with van der Waals surface area (Å²) in [6, 6.07) is 15.3. The Hall–Kier alpha value is -2.90. The van der Waals surface area contributed by atoms with Gasteiger partial charge in [0, 0.05) is 38.8 Å². The predicted molar refractivity (Wildman–Crippen MR) is 112 cm³/mol. The van der Waals surface area contributed by atoms with E-state index in [0.717, 1.165) is 32.7 Å². The second-order valence-electron chi connectivity index (χ2n) is 7.91. The van der Waals surface area contributed by atoms with E-state index in [2.05, 4.69) is 34.1 Å². The first-order valence-electron chi connectivity index (χ1n) is 10.5. The number of ether oxygens (including phenoxy) is 2. The molecule has 0 radical (unpaired) electrons. The Morgan fingerprint density at radius 1 is 0.867 bits per heavy atom. The maximum Gasteiger partial charge on any atom is 0.251 e. The summed E-state index contributed by atoms with van der Waals surface area (Å²) < 4.78 is 11.1. The van der Waals surface area contributed by atoms with E-state index in [1.165, 1.54) is 10.5 Å². The molecule has 0 bridgehead atoms. The van der Waals surface area contributed by atoms with Crippen molar-refractivity contribution >= 4 is 17.5 Å². The van der Waals surface area contributed by atoms with Crippen molar-refractivity contribution in [3.05, 3.63) is 54.1 Å². The lowest BCUT2D eigenvalue weighted by atomic mass is 10.1. The van der Waals surface area contributed by atoms with Crippen LogP contribution in [0.25, 0.3) is 0 Å². The number of imide groups is 1. The summed E-state index contributed by atoms with van der Waals surface area (Å²) in [6.07, 6.45) is 0.228. The van der Waals surface area contributed by atoms with Crippen molar-refractivity contribution < 1.29 is 19.1 Å². The van der Waals surface area contributed by atoms with E-state index >= 15 is 0 Å². The summed E-state index contributed by atoms with van der Waals surface area (Å²) in [4.78, 5) is 31.7. The molecule has 5 rings (SSSR count). The molecule has 156 valence electrons. The minimum Gasteiger partial charge on any atom is -0.486 e. The largest absolute Gasteiger partial charge is 0.486 e. The van der Waals surface area contributed by atoms with Crippen molar-refractivity contribution in [2.24, 2.45) is 0 Å². The number of fused-ring (bicyclic) bond motifs is 1. The molecule has 0 aliphatic carbocycles. The van der Waals surface area contributed by atoms with Crippen molar-refractivity contribution in [2.45, 2.75) is 19.0 Å². The molecule has 30 heavy (non-hydrogen) atoms. The lowest BCUT2D eigenvalue weighted by Crippen LogP contribution is -2.52. The van der Waals surface area contributed by atoms with Crippen LogP contribution in [0.2, 0.25) is 0 Å². The van der Waals surface area contributed by atoms with E-state index in [1.54, 1.807) is 18.2 Å². The zero-order chi connectivity index (χ0) is 20.5. The van der Waals surface area contributed by atoms with Gasteiger partial charge < -0.3 is 9.47 Å². The third-order valence-electron chi connectivity index (χ3n) is 6.00. The molecule has 3 aliphatic heterocycles. The third kappa shape index (κ3) is 3.66. The van der Waals surface area contributed by atoms with E-state index in [1.807, 2.05) is 6.07 Å². The highest BCUT2D eigenvalue weighted by Gasteiger charge is 2.43. The van der Waals surface area contributed by atoms with Gasteiger partial charge in [-0.05, 0) is 17.7 Å². The van der Waals surface area contributed by atoms with Crippen molar-refractivity contribution in [3.8, 4) is 11.5 Å². The Balaban J connectivity index is 1.24. The summed E-state index contributed by atoms with van der Waals surface area (Å²) in [5.41, 5.74) is 1.85. The molecule has 7 nitrogen and oxygen atoms in total. The number of carbonyl (C=O) groups excluding carboxylic acids is 2. The summed E-state index contributed by atoms with van der Waals surface area (Å²) in [6.45, 7) is 5.22. The molecule has 0 N–H and O–H groups in total. The zero-order valence-corrected chi connectivity index (χ0v) is 16.8. The van der Waals surface area contributed by atoms with Gasteiger partial charge in [-0.1, -0.05) is 30.3 Å². The topological polar surface area (TPSA) is 62.3 Å². The van der Waals surface area contributed by atoms with Crippen molar-refractivity contribution in [1.82, 2.24) is 9.80 Å². The smallest absolute Gasteiger partial charge is 0.251 e. The molecule has 2 aromatic rings. The van der Waals surface area contributed by atoms with Gasteiger partial charge in [0.15, 0.2) is 11.5 Å². The quantitative estimate of drug-likeness (QED) is 0.722. The molecular formula is C23H25N3O4.